The highest BCUT2D eigenvalue weighted by atomic mass is 32.2. The minimum atomic E-state index is -4.07. The van der Waals surface area contributed by atoms with Gasteiger partial charge < -0.3 is 10.2 Å². The summed E-state index contributed by atoms with van der Waals surface area (Å²) in [6, 6.07) is 22.1. The molecule has 0 aliphatic rings. The van der Waals surface area contributed by atoms with Gasteiger partial charge in [0, 0.05) is 12.1 Å². The van der Waals surface area contributed by atoms with Crippen molar-refractivity contribution in [3.63, 3.8) is 0 Å². The van der Waals surface area contributed by atoms with E-state index in [0.717, 1.165) is 27.4 Å². The summed E-state index contributed by atoms with van der Waals surface area (Å²) in [6.45, 7) is 11.0. The lowest BCUT2D eigenvalue weighted by Crippen LogP contribution is -2.54. The van der Waals surface area contributed by atoms with Crippen molar-refractivity contribution in [2.45, 2.75) is 71.0 Å². The first-order valence-corrected chi connectivity index (χ1v) is 14.6. The zero-order valence-electron chi connectivity index (χ0n) is 23.6. The summed E-state index contributed by atoms with van der Waals surface area (Å²) in [7, 11) is -4.07. The normalized spacial score (nSPS) is 12.5. The Labute approximate surface area is 232 Å². The van der Waals surface area contributed by atoms with Crippen LogP contribution >= 0.6 is 0 Å². The van der Waals surface area contributed by atoms with Gasteiger partial charge in [-0.2, -0.15) is 0 Å². The molecule has 0 saturated carbocycles. The van der Waals surface area contributed by atoms with E-state index in [1.165, 1.54) is 17.0 Å². The van der Waals surface area contributed by atoms with Crippen LogP contribution in [0.2, 0.25) is 0 Å². The summed E-state index contributed by atoms with van der Waals surface area (Å²) in [5, 5.41) is 2.94. The standard InChI is InChI=1S/C31H39N3O4S/c1-7-25-17-19-27(20-18-25)34(39(37,38)28-11-9-8-10-12-28)22-29(35)33(21-26-15-13-23(2)14-16-26)24(3)30(36)32-31(4,5)6/h8-20,24H,7,21-22H2,1-6H3,(H,32,36)/t24-/m0/s1. The van der Waals surface area contributed by atoms with Gasteiger partial charge in [-0.05, 0) is 76.4 Å². The summed E-state index contributed by atoms with van der Waals surface area (Å²) in [5.41, 5.74) is 2.86. The van der Waals surface area contributed by atoms with E-state index in [1.54, 1.807) is 37.3 Å². The Morgan fingerprint density at radius 2 is 1.44 bits per heavy atom. The Morgan fingerprint density at radius 3 is 1.97 bits per heavy atom. The van der Waals surface area contributed by atoms with E-state index in [0.29, 0.717) is 5.69 Å². The lowest BCUT2D eigenvalue weighted by molar-refractivity contribution is -0.140. The van der Waals surface area contributed by atoms with Gasteiger partial charge in [0.2, 0.25) is 11.8 Å². The van der Waals surface area contributed by atoms with Gasteiger partial charge in [-0.1, -0.05) is 67.1 Å². The number of nitrogens with zero attached hydrogens (tertiary/aromatic N) is 2. The van der Waals surface area contributed by atoms with Crippen molar-refractivity contribution in [3.8, 4) is 0 Å². The first-order valence-electron chi connectivity index (χ1n) is 13.2. The van der Waals surface area contributed by atoms with Crippen molar-refractivity contribution < 1.29 is 18.0 Å². The summed E-state index contributed by atoms with van der Waals surface area (Å²) < 4.78 is 28.7. The number of aryl methyl sites for hydroxylation is 2. The van der Waals surface area contributed by atoms with Crippen LogP contribution < -0.4 is 9.62 Å². The first kappa shape index (κ1) is 29.9. The number of rotatable bonds is 10. The summed E-state index contributed by atoms with van der Waals surface area (Å²) in [4.78, 5) is 28.6. The van der Waals surface area contributed by atoms with Crippen molar-refractivity contribution in [1.82, 2.24) is 10.2 Å². The first-order chi connectivity index (χ1) is 18.3. The maximum absolute atomic E-state index is 14.0. The van der Waals surface area contributed by atoms with Crippen LogP contribution in [0.15, 0.2) is 83.8 Å². The highest BCUT2D eigenvalue weighted by Gasteiger charge is 2.33. The van der Waals surface area contributed by atoms with Gasteiger partial charge in [-0.3, -0.25) is 13.9 Å². The molecule has 0 spiro atoms. The van der Waals surface area contributed by atoms with Gasteiger partial charge in [-0.15, -0.1) is 0 Å². The Hall–Kier alpha value is -3.65. The molecule has 3 aromatic rings. The minimum absolute atomic E-state index is 0.0842. The van der Waals surface area contributed by atoms with Crippen molar-refractivity contribution >= 4 is 27.5 Å². The molecule has 3 aromatic carbocycles. The zero-order chi connectivity index (χ0) is 28.8. The number of benzene rings is 3. The molecule has 8 heteroatoms. The van der Waals surface area contributed by atoms with Crippen molar-refractivity contribution in [1.29, 1.82) is 0 Å². The molecule has 0 fully saturated rings. The molecule has 0 saturated heterocycles. The number of anilines is 1. The molecule has 0 aliphatic heterocycles. The molecule has 0 aliphatic carbocycles. The molecule has 0 bridgehead atoms. The maximum atomic E-state index is 14.0. The Bertz CT molecular complexity index is 1360. The summed E-state index contributed by atoms with van der Waals surface area (Å²) in [5.74, 6) is -0.793. The lowest BCUT2D eigenvalue weighted by atomic mass is 10.1. The average Bonchev–Trinajstić information content (AvgIpc) is 2.90. The number of amides is 2. The van der Waals surface area contributed by atoms with Gasteiger partial charge >= 0.3 is 0 Å². The fourth-order valence-electron chi connectivity index (χ4n) is 4.09. The van der Waals surface area contributed by atoms with E-state index in [2.05, 4.69) is 5.32 Å². The molecular weight excluding hydrogens is 510 g/mol. The third-order valence-corrected chi connectivity index (χ3v) is 8.17. The van der Waals surface area contributed by atoms with Gasteiger partial charge in [0.15, 0.2) is 0 Å². The van der Waals surface area contributed by atoms with Crippen LogP contribution in [-0.2, 0) is 32.6 Å². The van der Waals surface area contributed by atoms with E-state index >= 15 is 0 Å². The molecule has 2 amide bonds. The molecule has 0 heterocycles. The number of hydrogen-bond donors (Lipinski definition) is 1. The van der Waals surface area contributed by atoms with Crippen LogP contribution in [0.1, 0.15) is 51.3 Å². The Kier molecular flexibility index (Phi) is 9.56. The van der Waals surface area contributed by atoms with Gasteiger partial charge in [0.05, 0.1) is 10.6 Å². The zero-order valence-corrected chi connectivity index (χ0v) is 24.5. The third kappa shape index (κ3) is 7.93. The van der Waals surface area contributed by atoms with Gasteiger partial charge in [0.1, 0.15) is 12.6 Å². The SMILES string of the molecule is CCc1ccc(N(CC(=O)N(Cc2ccc(C)cc2)[C@@H](C)C(=O)NC(C)(C)C)S(=O)(=O)c2ccccc2)cc1. The Balaban J connectivity index is 2.02. The van der Waals surface area contributed by atoms with Crippen molar-refractivity contribution in [3.05, 3.63) is 95.6 Å². The predicted octanol–water partition coefficient (Wildman–Crippen LogP) is 5.08. The third-order valence-electron chi connectivity index (χ3n) is 6.38. The molecule has 208 valence electrons. The number of carbonyl (C=O) groups is 2. The molecule has 39 heavy (non-hydrogen) atoms. The highest BCUT2D eigenvalue weighted by Crippen LogP contribution is 2.25. The van der Waals surface area contributed by atoms with Gasteiger partial charge in [0.25, 0.3) is 10.0 Å². The number of nitrogens with one attached hydrogen (secondary N) is 1. The topological polar surface area (TPSA) is 86.8 Å². The molecule has 7 nitrogen and oxygen atoms in total. The smallest absolute Gasteiger partial charge is 0.264 e. The fourth-order valence-corrected chi connectivity index (χ4v) is 5.53. The fraction of sp³-hybridized carbons (Fsp3) is 0.355. The van der Waals surface area contributed by atoms with Crippen LogP contribution in [-0.4, -0.2) is 43.3 Å². The number of sulfonamides is 1. The lowest BCUT2D eigenvalue weighted by Gasteiger charge is -2.33. The second-order valence-corrected chi connectivity index (χ2v) is 12.6. The molecule has 0 unspecified atom stereocenters. The summed E-state index contributed by atoms with van der Waals surface area (Å²) in [6.07, 6.45) is 0.801. The Morgan fingerprint density at radius 1 is 0.872 bits per heavy atom. The van der Waals surface area contributed by atoms with Crippen LogP contribution in [0, 0.1) is 6.92 Å². The molecular formula is C31H39N3O4S. The minimum Gasteiger partial charge on any atom is -0.350 e. The van der Waals surface area contributed by atoms with Crippen LogP contribution in [0.4, 0.5) is 5.69 Å². The van der Waals surface area contributed by atoms with E-state index in [9.17, 15) is 18.0 Å². The van der Waals surface area contributed by atoms with Crippen molar-refractivity contribution in [2.24, 2.45) is 0 Å². The van der Waals surface area contributed by atoms with Crippen LogP contribution in [0.5, 0.6) is 0 Å². The quantitative estimate of drug-likeness (QED) is 0.382. The largest absolute Gasteiger partial charge is 0.350 e. The molecule has 0 aromatic heterocycles. The van der Waals surface area contributed by atoms with Crippen molar-refractivity contribution in [2.75, 3.05) is 10.8 Å². The van der Waals surface area contributed by atoms with E-state index in [-0.39, 0.29) is 17.3 Å². The number of carbonyl (C=O) groups excluding carboxylic acids is 2. The number of hydrogen-bond acceptors (Lipinski definition) is 4. The van der Waals surface area contributed by atoms with Gasteiger partial charge in [-0.25, -0.2) is 8.42 Å². The van der Waals surface area contributed by atoms with E-state index < -0.39 is 34.1 Å². The maximum Gasteiger partial charge on any atom is 0.264 e. The summed E-state index contributed by atoms with van der Waals surface area (Å²) >= 11 is 0. The molecule has 3 rings (SSSR count). The molecule has 1 atom stereocenters. The second-order valence-electron chi connectivity index (χ2n) is 10.8. The second kappa shape index (κ2) is 12.5. The van der Waals surface area contributed by atoms with E-state index in [4.69, 9.17) is 0 Å². The van der Waals surface area contributed by atoms with E-state index in [1.807, 2.05) is 71.0 Å². The highest BCUT2D eigenvalue weighted by molar-refractivity contribution is 7.92. The van der Waals surface area contributed by atoms with Crippen LogP contribution in [0.25, 0.3) is 0 Å². The molecule has 1 N–H and O–H groups in total. The average molecular weight is 550 g/mol. The predicted molar refractivity (Wildman–Crippen MR) is 156 cm³/mol. The van der Waals surface area contributed by atoms with Crippen LogP contribution in [0.3, 0.4) is 0 Å². The monoisotopic (exact) mass is 549 g/mol. The molecule has 0 radical (unpaired) electrons.